The van der Waals surface area contributed by atoms with Gasteiger partial charge >= 0.3 is 0 Å². The molecule has 0 bridgehead atoms. The molecule has 0 radical (unpaired) electrons. The van der Waals surface area contributed by atoms with Gasteiger partial charge < -0.3 is 5.32 Å². The van der Waals surface area contributed by atoms with E-state index in [0.29, 0.717) is 30.5 Å². The molecule has 2 N–H and O–H groups in total. The van der Waals surface area contributed by atoms with Crippen molar-refractivity contribution in [1.29, 1.82) is 0 Å². The maximum absolute atomic E-state index is 12.4. The lowest BCUT2D eigenvalue weighted by molar-refractivity contribution is 0.441. The van der Waals surface area contributed by atoms with Crippen molar-refractivity contribution in [2.75, 3.05) is 20.6 Å². The van der Waals surface area contributed by atoms with E-state index in [1.165, 1.54) is 4.31 Å². The van der Waals surface area contributed by atoms with Gasteiger partial charge in [0.15, 0.2) is 5.03 Å². The maximum atomic E-state index is 12.4. The average Bonchev–Trinajstić information content (AvgIpc) is 2.79. The van der Waals surface area contributed by atoms with Crippen LogP contribution >= 0.6 is 0 Å². The van der Waals surface area contributed by atoms with E-state index in [2.05, 4.69) is 22.4 Å². The highest BCUT2D eigenvalue weighted by Crippen LogP contribution is 2.38. The van der Waals surface area contributed by atoms with Gasteiger partial charge in [-0.15, -0.1) is 0 Å². The first kappa shape index (κ1) is 13.5. The number of hydrogen-bond acceptors (Lipinski definition) is 4. The second-order valence-electron chi connectivity index (χ2n) is 5.01. The first-order chi connectivity index (χ1) is 8.46. The fraction of sp³-hybridized carbons (Fsp3) is 0.727. The molecule has 6 nitrogen and oxygen atoms in total. The van der Waals surface area contributed by atoms with Crippen LogP contribution < -0.4 is 5.32 Å². The van der Waals surface area contributed by atoms with Crippen LogP contribution in [0.2, 0.25) is 0 Å². The molecule has 102 valence electrons. The predicted octanol–water partition coefficient (Wildman–Crippen LogP) is 0.406. The minimum absolute atomic E-state index is 0.202. The van der Waals surface area contributed by atoms with E-state index in [4.69, 9.17) is 0 Å². The topological polar surface area (TPSA) is 78.1 Å². The van der Waals surface area contributed by atoms with Gasteiger partial charge in [-0.2, -0.15) is 9.40 Å². The average molecular weight is 272 g/mol. The molecule has 2 atom stereocenters. The number of nitrogens with one attached hydrogen (secondary N) is 2. The highest BCUT2D eigenvalue weighted by molar-refractivity contribution is 7.89. The predicted molar refractivity (Wildman–Crippen MR) is 68.4 cm³/mol. The summed E-state index contributed by atoms with van der Waals surface area (Å²) in [7, 11) is -0.0456. The second kappa shape index (κ2) is 4.99. The number of aromatic amines is 1. The molecule has 1 aliphatic rings. The number of H-pyrrole nitrogens is 1. The zero-order valence-corrected chi connectivity index (χ0v) is 11.8. The molecule has 0 amide bonds. The molecule has 0 aromatic carbocycles. The molecule has 1 heterocycles. The molecule has 1 saturated carbocycles. The Labute approximate surface area is 108 Å². The summed E-state index contributed by atoms with van der Waals surface area (Å²) in [6.07, 6.45) is 2.67. The molecule has 7 heteroatoms. The Balaban J connectivity index is 2.16. The van der Waals surface area contributed by atoms with E-state index in [1.54, 1.807) is 20.3 Å². The molecule has 0 spiro atoms. The lowest BCUT2D eigenvalue weighted by atomic mass is 10.3. The van der Waals surface area contributed by atoms with Gasteiger partial charge in [-0.05, 0) is 25.3 Å². The first-order valence-electron chi connectivity index (χ1n) is 6.10. The largest absolute Gasteiger partial charge is 0.316 e. The SMILES string of the molecule is CNCc1cn[nH]c1S(=O)(=O)N(C)CC1CC1C. The highest BCUT2D eigenvalue weighted by Gasteiger charge is 2.37. The molecule has 1 fully saturated rings. The summed E-state index contributed by atoms with van der Waals surface area (Å²) in [5.74, 6) is 1.14. The van der Waals surface area contributed by atoms with Crippen LogP contribution in [0, 0.1) is 11.8 Å². The Morgan fingerprint density at radius 2 is 2.28 bits per heavy atom. The Morgan fingerprint density at radius 1 is 1.61 bits per heavy atom. The van der Waals surface area contributed by atoms with Crippen molar-refractivity contribution in [2.24, 2.45) is 11.8 Å². The fourth-order valence-corrected chi connectivity index (χ4v) is 3.40. The standard InChI is InChI=1S/C11H20N4O2S/c1-8-4-9(8)7-15(3)18(16,17)11-10(5-12-2)6-13-14-11/h6,8-9,12H,4-5,7H2,1-3H3,(H,13,14). The van der Waals surface area contributed by atoms with Crippen LogP contribution in [-0.4, -0.2) is 43.6 Å². The molecule has 1 aromatic rings. The van der Waals surface area contributed by atoms with Crippen LogP contribution in [0.3, 0.4) is 0 Å². The van der Waals surface area contributed by atoms with E-state index in [9.17, 15) is 8.42 Å². The smallest absolute Gasteiger partial charge is 0.260 e. The number of hydrogen-bond donors (Lipinski definition) is 2. The highest BCUT2D eigenvalue weighted by atomic mass is 32.2. The normalized spacial score (nSPS) is 23.6. The van der Waals surface area contributed by atoms with Crippen molar-refractivity contribution in [3.05, 3.63) is 11.8 Å². The monoisotopic (exact) mass is 272 g/mol. The quantitative estimate of drug-likeness (QED) is 0.786. The molecule has 1 aromatic heterocycles. The van der Waals surface area contributed by atoms with E-state index in [-0.39, 0.29) is 5.03 Å². The van der Waals surface area contributed by atoms with Crippen LogP contribution in [0.25, 0.3) is 0 Å². The Hall–Kier alpha value is -0.920. The molecular weight excluding hydrogens is 252 g/mol. The van der Waals surface area contributed by atoms with Crippen LogP contribution in [0.5, 0.6) is 0 Å². The summed E-state index contributed by atoms with van der Waals surface area (Å²) in [4.78, 5) is 0. The van der Waals surface area contributed by atoms with Crippen LogP contribution in [0.4, 0.5) is 0 Å². The minimum Gasteiger partial charge on any atom is -0.316 e. The molecule has 2 rings (SSSR count). The summed E-state index contributed by atoms with van der Waals surface area (Å²) in [6.45, 7) is 3.22. The molecule has 0 saturated heterocycles. The third-order valence-electron chi connectivity index (χ3n) is 3.48. The summed E-state index contributed by atoms with van der Waals surface area (Å²) in [6, 6.07) is 0. The van der Waals surface area contributed by atoms with E-state index >= 15 is 0 Å². The maximum Gasteiger partial charge on any atom is 0.260 e. The van der Waals surface area contributed by atoms with E-state index in [0.717, 1.165) is 6.42 Å². The number of rotatable bonds is 6. The van der Waals surface area contributed by atoms with Gasteiger partial charge in [0.2, 0.25) is 0 Å². The van der Waals surface area contributed by atoms with Gasteiger partial charge in [-0.1, -0.05) is 6.92 Å². The molecular formula is C11H20N4O2S. The van der Waals surface area contributed by atoms with Gasteiger partial charge in [0.05, 0.1) is 6.20 Å². The van der Waals surface area contributed by atoms with Crippen molar-refractivity contribution < 1.29 is 8.42 Å². The van der Waals surface area contributed by atoms with Gasteiger partial charge in [-0.3, -0.25) is 5.10 Å². The van der Waals surface area contributed by atoms with Crippen molar-refractivity contribution in [3.63, 3.8) is 0 Å². The Kier molecular flexibility index (Phi) is 3.74. The molecule has 0 aliphatic heterocycles. The van der Waals surface area contributed by atoms with E-state index in [1.807, 2.05) is 0 Å². The van der Waals surface area contributed by atoms with Crippen molar-refractivity contribution in [2.45, 2.75) is 24.9 Å². The lowest BCUT2D eigenvalue weighted by Gasteiger charge is -2.16. The van der Waals surface area contributed by atoms with Crippen LogP contribution in [0.1, 0.15) is 18.9 Å². The fourth-order valence-electron chi connectivity index (χ4n) is 2.08. The molecule has 2 unspecified atom stereocenters. The van der Waals surface area contributed by atoms with Gasteiger partial charge in [0.25, 0.3) is 10.0 Å². The zero-order valence-electron chi connectivity index (χ0n) is 11.0. The number of nitrogens with zero attached hydrogens (tertiary/aromatic N) is 2. The van der Waals surface area contributed by atoms with E-state index < -0.39 is 10.0 Å². The van der Waals surface area contributed by atoms with Gasteiger partial charge in [0, 0.05) is 25.7 Å². The zero-order chi connectivity index (χ0) is 13.3. The molecule has 1 aliphatic carbocycles. The van der Waals surface area contributed by atoms with Gasteiger partial charge in [0.1, 0.15) is 0 Å². The van der Waals surface area contributed by atoms with Crippen molar-refractivity contribution in [1.82, 2.24) is 19.8 Å². The first-order valence-corrected chi connectivity index (χ1v) is 7.54. The summed E-state index contributed by atoms with van der Waals surface area (Å²) in [5, 5.41) is 9.57. The van der Waals surface area contributed by atoms with Crippen LogP contribution in [-0.2, 0) is 16.6 Å². The lowest BCUT2D eigenvalue weighted by Crippen LogP contribution is -2.30. The number of sulfonamides is 1. The second-order valence-corrected chi connectivity index (χ2v) is 7.00. The minimum atomic E-state index is -3.45. The summed E-state index contributed by atoms with van der Waals surface area (Å²) in [5.41, 5.74) is 0.674. The van der Waals surface area contributed by atoms with Crippen molar-refractivity contribution >= 4 is 10.0 Å². The number of aromatic nitrogens is 2. The Morgan fingerprint density at radius 3 is 2.83 bits per heavy atom. The Bertz CT molecular complexity index is 511. The third-order valence-corrected chi connectivity index (χ3v) is 5.32. The van der Waals surface area contributed by atoms with Crippen LogP contribution in [0.15, 0.2) is 11.2 Å². The third kappa shape index (κ3) is 2.57. The summed E-state index contributed by atoms with van der Waals surface area (Å²) >= 11 is 0. The van der Waals surface area contributed by atoms with Crippen molar-refractivity contribution in [3.8, 4) is 0 Å². The molecule has 18 heavy (non-hydrogen) atoms. The summed E-state index contributed by atoms with van der Waals surface area (Å²) < 4.78 is 26.2. The van der Waals surface area contributed by atoms with Gasteiger partial charge in [-0.25, -0.2) is 8.42 Å².